The van der Waals surface area contributed by atoms with Gasteiger partial charge in [0.2, 0.25) is 11.9 Å². The van der Waals surface area contributed by atoms with Gasteiger partial charge in [0.15, 0.2) is 0 Å². The van der Waals surface area contributed by atoms with E-state index >= 15 is 0 Å². The van der Waals surface area contributed by atoms with Gasteiger partial charge in [0, 0.05) is 31.4 Å². The Kier molecular flexibility index (Phi) is 4.82. The third kappa shape index (κ3) is 3.84. The lowest BCUT2D eigenvalue weighted by atomic mass is 9.96. The van der Waals surface area contributed by atoms with E-state index in [9.17, 15) is 9.59 Å². The number of carbonyl (C=O) groups is 2. The maximum absolute atomic E-state index is 12.1. The fourth-order valence-corrected chi connectivity index (χ4v) is 3.10. The summed E-state index contributed by atoms with van der Waals surface area (Å²) in [5.74, 6) is 0.142. The molecule has 120 valence electrons. The molecule has 0 unspecified atom stereocenters. The van der Waals surface area contributed by atoms with Gasteiger partial charge in [-0.3, -0.25) is 20.4 Å². The van der Waals surface area contributed by atoms with Crippen LogP contribution in [0.5, 0.6) is 0 Å². The highest BCUT2D eigenvalue weighted by Gasteiger charge is 2.26. The second kappa shape index (κ2) is 7.19. The number of aromatic nitrogens is 2. The van der Waals surface area contributed by atoms with Crippen LogP contribution in [0.15, 0.2) is 36.0 Å². The van der Waals surface area contributed by atoms with Crippen LogP contribution in [0.4, 0.5) is 5.95 Å². The normalized spacial score (nSPS) is 15.2. The van der Waals surface area contributed by atoms with Crippen molar-refractivity contribution in [2.45, 2.75) is 12.8 Å². The lowest BCUT2D eigenvalue weighted by molar-refractivity contribution is -0.126. The summed E-state index contributed by atoms with van der Waals surface area (Å²) in [5, 5.41) is 1.82. The highest BCUT2D eigenvalue weighted by molar-refractivity contribution is 7.12. The van der Waals surface area contributed by atoms with Gasteiger partial charge in [-0.2, -0.15) is 0 Å². The van der Waals surface area contributed by atoms with Crippen molar-refractivity contribution in [1.29, 1.82) is 0 Å². The van der Waals surface area contributed by atoms with Crippen molar-refractivity contribution in [3.05, 3.63) is 40.8 Å². The summed E-state index contributed by atoms with van der Waals surface area (Å²) in [6.07, 6.45) is 4.83. The van der Waals surface area contributed by atoms with Gasteiger partial charge >= 0.3 is 0 Å². The minimum absolute atomic E-state index is 0.112. The number of piperidine rings is 1. The van der Waals surface area contributed by atoms with Gasteiger partial charge in [0.05, 0.1) is 4.88 Å². The Morgan fingerprint density at radius 2 is 1.87 bits per heavy atom. The first kappa shape index (κ1) is 15.4. The van der Waals surface area contributed by atoms with Crippen molar-refractivity contribution < 1.29 is 9.59 Å². The third-order valence-electron chi connectivity index (χ3n) is 3.74. The lowest BCUT2D eigenvalue weighted by Gasteiger charge is -2.31. The Balaban J connectivity index is 1.46. The van der Waals surface area contributed by atoms with Gasteiger partial charge < -0.3 is 4.90 Å². The first-order valence-corrected chi connectivity index (χ1v) is 8.27. The first-order chi connectivity index (χ1) is 11.2. The number of nitrogens with one attached hydrogen (secondary N) is 2. The fourth-order valence-electron chi connectivity index (χ4n) is 2.49. The molecule has 1 fully saturated rings. The number of hydrogen-bond donors (Lipinski definition) is 2. The van der Waals surface area contributed by atoms with Crippen molar-refractivity contribution in [2.75, 3.05) is 18.0 Å². The van der Waals surface area contributed by atoms with E-state index in [2.05, 4.69) is 25.7 Å². The quantitative estimate of drug-likeness (QED) is 0.826. The van der Waals surface area contributed by atoms with E-state index in [4.69, 9.17) is 0 Å². The Hall–Kier alpha value is -2.48. The fraction of sp³-hybridized carbons (Fsp3) is 0.333. The minimum atomic E-state index is -0.288. The molecule has 3 heterocycles. The number of nitrogens with zero attached hydrogens (tertiary/aromatic N) is 3. The molecular formula is C15H17N5O2S. The average Bonchev–Trinajstić information content (AvgIpc) is 3.15. The molecule has 3 rings (SSSR count). The number of anilines is 1. The summed E-state index contributed by atoms with van der Waals surface area (Å²) >= 11 is 1.33. The Morgan fingerprint density at radius 3 is 2.52 bits per heavy atom. The molecule has 0 bridgehead atoms. The highest BCUT2D eigenvalue weighted by atomic mass is 32.1. The summed E-state index contributed by atoms with van der Waals surface area (Å²) in [7, 11) is 0. The molecule has 0 atom stereocenters. The number of hydrogen-bond acceptors (Lipinski definition) is 6. The van der Waals surface area contributed by atoms with Crippen LogP contribution < -0.4 is 15.8 Å². The van der Waals surface area contributed by atoms with Crippen LogP contribution in [0.3, 0.4) is 0 Å². The summed E-state index contributed by atoms with van der Waals surface area (Å²) < 4.78 is 0. The number of amides is 2. The summed E-state index contributed by atoms with van der Waals surface area (Å²) in [6.45, 7) is 1.45. The number of carbonyl (C=O) groups excluding carboxylic acids is 2. The van der Waals surface area contributed by atoms with Crippen molar-refractivity contribution in [2.24, 2.45) is 5.92 Å². The summed E-state index contributed by atoms with van der Waals surface area (Å²) in [4.78, 5) is 35.0. The third-order valence-corrected chi connectivity index (χ3v) is 4.61. The van der Waals surface area contributed by atoms with Gasteiger partial charge in [0.1, 0.15) is 0 Å². The summed E-state index contributed by atoms with van der Waals surface area (Å²) in [6, 6.07) is 5.28. The van der Waals surface area contributed by atoms with Gasteiger partial charge in [-0.05, 0) is 30.4 Å². The molecule has 8 heteroatoms. The van der Waals surface area contributed by atoms with Gasteiger partial charge in [-0.1, -0.05) is 6.07 Å². The van der Waals surface area contributed by atoms with Crippen LogP contribution in [0, 0.1) is 5.92 Å². The molecule has 0 aliphatic carbocycles. The number of rotatable bonds is 3. The molecular weight excluding hydrogens is 314 g/mol. The van der Waals surface area contributed by atoms with E-state index in [0.29, 0.717) is 23.7 Å². The molecule has 2 N–H and O–H groups in total. The predicted molar refractivity (Wildman–Crippen MR) is 86.9 cm³/mol. The molecule has 2 aromatic rings. The molecule has 23 heavy (non-hydrogen) atoms. The molecule has 1 aliphatic rings. The van der Waals surface area contributed by atoms with E-state index in [1.165, 1.54) is 11.3 Å². The number of hydrazine groups is 1. The predicted octanol–water partition coefficient (Wildman–Crippen LogP) is 1.22. The van der Waals surface area contributed by atoms with Crippen LogP contribution in [0.1, 0.15) is 22.5 Å². The molecule has 0 aromatic carbocycles. The Bertz CT molecular complexity index is 654. The average molecular weight is 331 g/mol. The van der Waals surface area contributed by atoms with E-state index < -0.39 is 0 Å². The van der Waals surface area contributed by atoms with Crippen molar-refractivity contribution in [3.63, 3.8) is 0 Å². The largest absolute Gasteiger partial charge is 0.341 e. The van der Waals surface area contributed by atoms with Crippen molar-refractivity contribution in [3.8, 4) is 0 Å². The van der Waals surface area contributed by atoms with E-state index in [-0.39, 0.29) is 17.7 Å². The number of thiophene rings is 1. The zero-order valence-electron chi connectivity index (χ0n) is 12.4. The molecule has 0 spiro atoms. The maximum atomic E-state index is 12.1. The van der Waals surface area contributed by atoms with E-state index in [1.807, 2.05) is 5.38 Å². The standard InChI is InChI=1S/C15H17N5O2S/c21-13(18-19-14(22)12-3-1-10-23-12)11-4-8-20(9-5-11)15-16-6-2-7-17-15/h1-3,6-7,10-11H,4-5,8-9H2,(H,18,21)(H,19,22). The topological polar surface area (TPSA) is 87.2 Å². The lowest BCUT2D eigenvalue weighted by Crippen LogP contribution is -2.47. The van der Waals surface area contributed by atoms with Crippen molar-refractivity contribution >= 4 is 29.1 Å². The van der Waals surface area contributed by atoms with Crippen LogP contribution in [-0.2, 0) is 4.79 Å². The van der Waals surface area contributed by atoms with Crippen molar-refractivity contribution in [1.82, 2.24) is 20.8 Å². The molecule has 1 saturated heterocycles. The van der Waals surface area contributed by atoms with Crippen LogP contribution >= 0.6 is 11.3 Å². The maximum Gasteiger partial charge on any atom is 0.279 e. The smallest absolute Gasteiger partial charge is 0.279 e. The van der Waals surface area contributed by atoms with Crippen LogP contribution in [0.2, 0.25) is 0 Å². The molecule has 1 aliphatic heterocycles. The monoisotopic (exact) mass is 331 g/mol. The second-order valence-electron chi connectivity index (χ2n) is 5.23. The Morgan fingerprint density at radius 1 is 1.13 bits per heavy atom. The molecule has 0 saturated carbocycles. The molecule has 0 radical (unpaired) electrons. The molecule has 2 amide bonds. The zero-order valence-corrected chi connectivity index (χ0v) is 13.3. The summed E-state index contributed by atoms with van der Waals surface area (Å²) in [5.41, 5.74) is 4.97. The van der Waals surface area contributed by atoms with Gasteiger partial charge in [-0.15, -0.1) is 11.3 Å². The van der Waals surface area contributed by atoms with E-state index in [1.54, 1.807) is 30.6 Å². The van der Waals surface area contributed by atoms with Gasteiger partial charge in [-0.25, -0.2) is 9.97 Å². The minimum Gasteiger partial charge on any atom is -0.341 e. The van der Waals surface area contributed by atoms with Crippen LogP contribution in [0.25, 0.3) is 0 Å². The SMILES string of the molecule is O=C(NNC(=O)C1CCN(c2ncccn2)CC1)c1cccs1. The molecule has 7 nitrogen and oxygen atoms in total. The van der Waals surface area contributed by atoms with Gasteiger partial charge in [0.25, 0.3) is 5.91 Å². The zero-order chi connectivity index (χ0) is 16.1. The van der Waals surface area contributed by atoms with E-state index in [0.717, 1.165) is 13.1 Å². The highest BCUT2D eigenvalue weighted by Crippen LogP contribution is 2.20. The Labute approximate surface area is 137 Å². The second-order valence-corrected chi connectivity index (χ2v) is 6.18. The first-order valence-electron chi connectivity index (χ1n) is 7.39. The van der Waals surface area contributed by atoms with Crippen LogP contribution in [-0.4, -0.2) is 34.9 Å². The molecule has 2 aromatic heterocycles.